The first-order valence-corrected chi connectivity index (χ1v) is 6.15. The number of carbonyl (C=O) groups is 1. The van der Waals surface area contributed by atoms with Crippen LogP contribution in [0, 0.1) is 0 Å². The highest BCUT2D eigenvalue weighted by atomic mass is 16.5. The molecule has 0 unspecified atom stereocenters. The molecule has 0 aliphatic heterocycles. The van der Waals surface area contributed by atoms with Gasteiger partial charge < -0.3 is 15.0 Å². The molecule has 1 aromatic heterocycles. The van der Waals surface area contributed by atoms with E-state index in [-0.39, 0.29) is 5.97 Å². The molecule has 2 N–H and O–H groups in total. The minimum atomic E-state index is -0.308. The Hall–Kier alpha value is -2.04. The maximum absolute atomic E-state index is 11.6. The summed E-state index contributed by atoms with van der Waals surface area (Å²) in [6, 6.07) is 5.30. The number of nitrogens with zero attached hydrogens (tertiary/aromatic N) is 1. The highest BCUT2D eigenvalue weighted by Crippen LogP contribution is 2.16. The highest BCUT2D eigenvalue weighted by Gasteiger charge is 2.09. The predicted molar refractivity (Wildman–Crippen MR) is 70.8 cm³/mol. The van der Waals surface area contributed by atoms with Crippen molar-refractivity contribution in [3.63, 3.8) is 0 Å². The van der Waals surface area contributed by atoms with Crippen molar-refractivity contribution in [1.82, 2.24) is 9.97 Å². The first-order valence-electron chi connectivity index (χ1n) is 6.15. The number of aromatic nitrogens is 2. The van der Waals surface area contributed by atoms with Crippen LogP contribution in [0.4, 0.5) is 5.95 Å². The summed E-state index contributed by atoms with van der Waals surface area (Å²) in [6.45, 7) is 5.13. The standard InChI is InChI=1S/C13H17N3O2/c1-3-7-14-13-15-10-6-5-9(8-11(10)16-13)12(17)18-4-2/h5-6,8H,3-4,7H2,1-2H3,(H2,14,15,16). The average Bonchev–Trinajstić information content (AvgIpc) is 2.78. The quantitative estimate of drug-likeness (QED) is 0.797. The number of esters is 1. The lowest BCUT2D eigenvalue weighted by Crippen LogP contribution is -2.04. The summed E-state index contributed by atoms with van der Waals surface area (Å²) in [5.74, 6) is 0.421. The van der Waals surface area contributed by atoms with E-state index in [1.54, 1.807) is 19.1 Å². The van der Waals surface area contributed by atoms with Crippen molar-refractivity contribution in [2.24, 2.45) is 0 Å². The van der Waals surface area contributed by atoms with Crippen LogP contribution >= 0.6 is 0 Å². The number of fused-ring (bicyclic) bond motifs is 1. The van der Waals surface area contributed by atoms with Gasteiger partial charge in [-0.1, -0.05) is 6.92 Å². The van der Waals surface area contributed by atoms with Crippen molar-refractivity contribution in [3.05, 3.63) is 23.8 Å². The monoisotopic (exact) mass is 247 g/mol. The van der Waals surface area contributed by atoms with E-state index in [1.165, 1.54) is 0 Å². The van der Waals surface area contributed by atoms with E-state index in [0.717, 1.165) is 29.9 Å². The lowest BCUT2D eigenvalue weighted by atomic mass is 10.2. The molecule has 0 bridgehead atoms. The molecule has 0 radical (unpaired) electrons. The van der Waals surface area contributed by atoms with Gasteiger partial charge in [0.1, 0.15) is 0 Å². The van der Waals surface area contributed by atoms with Crippen molar-refractivity contribution in [3.8, 4) is 0 Å². The van der Waals surface area contributed by atoms with Crippen LogP contribution in [0.2, 0.25) is 0 Å². The molecule has 96 valence electrons. The SMILES string of the molecule is CCCNc1nc2ccc(C(=O)OCC)cc2[nH]1. The zero-order chi connectivity index (χ0) is 13.0. The second-order valence-electron chi connectivity index (χ2n) is 3.96. The number of imidazole rings is 1. The van der Waals surface area contributed by atoms with Crippen molar-refractivity contribution < 1.29 is 9.53 Å². The molecule has 0 aliphatic carbocycles. The molecule has 2 rings (SSSR count). The largest absolute Gasteiger partial charge is 0.462 e. The molecule has 0 aliphatic rings. The van der Waals surface area contributed by atoms with Crippen LogP contribution < -0.4 is 5.32 Å². The smallest absolute Gasteiger partial charge is 0.338 e. The molecule has 5 nitrogen and oxygen atoms in total. The Morgan fingerprint density at radius 2 is 2.28 bits per heavy atom. The van der Waals surface area contributed by atoms with Gasteiger partial charge in [0, 0.05) is 6.54 Å². The summed E-state index contributed by atoms with van der Waals surface area (Å²) in [4.78, 5) is 19.1. The van der Waals surface area contributed by atoms with Gasteiger partial charge in [0.15, 0.2) is 0 Å². The first-order chi connectivity index (χ1) is 8.74. The van der Waals surface area contributed by atoms with Crippen LogP contribution in [0.15, 0.2) is 18.2 Å². The summed E-state index contributed by atoms with van der Waals surface area (Å²) < 4.78 is 4.96. The number of rotatable bonds is 5. The van der Waals surface area contributed by atoms with Crippen molar-refractivity contribution >= 4 is 23.0 Å². The van der Waals surface area contributed by atoms with E-state index in [0.29, 0.717) is 12.2 Å². The molecular weight excluding hydrogens is 230 g/mol. The van der Waals surface area contributed by atoms with E-state index < -0.39 is 0 Å². The van der Waals surface area contributed by atoms with Gasteiger partial charge in [-0.25, -0.2) is 9.78 Å². The third kappa shape index (κ3) is 2.61. The Labute approximate surface area is 106 Å². The van der Waals surface area contributed by atoms with Gasteiger partial charge in [0.2, 0.25) is 5.95 Å². The molecule has 18 heavy (non-hydrogen) atoms. The molecule has 0 saturated heterocycles. The minimum absolute atomic E-state index is 0.308. The third-order valence-electron chi connectivity index (χ3n) is 2.54. The molecule has 0 amide bonds. The molecule has 1 heterocycles. The predicted octanol–water partition coefficient (Wildman–Crippen LogP) is 2.56. The van der Waals surface area contributed by atoms with Gasteiger partial charge in [-0.05, 0) is 31.5 Å². The second kappa shape index (κ2) is 5.53. The number of hydrogen-bond donors (Lipinski definition) is 2. The van der Waals surface area contributed by atoms with E-state index in [9.17, 15) is 4.79 Å². The van der Waals surface area contributed by atoms with Crippen LogP contribution in [0.5, 0.6) is 0 Å². The Morgan fingerprint density at radius 1 is 1.44 bits per heavy atom. The number of aromatic amines is 1. The summed E-state index contributed by atoms with van der Waals surface area (Å²) in [7, 11) is 0. The summed E-state index contributed by atoms with van der Waals surface area (Å²) >= 11 is 0. The van der Waals surface area contributed by atoms with Gasteiger partial charge in [0.25, 0.3) is 0 Å². The number of benzene rings is 1. The van der Waals surface area contributed by atoms with E-state index in [1.807, 2.05) is 6.07 Å². The van der Waals surface area contributed by atoms with Crippen molar-refractivity contribution in [2.75, 3.05) is 18.5 Å². The van der Waals surface area contributed by atoms with Crippen LogP contribution in [0.1, 0.15) is 30.6 Å². The number of nitrogens with one attached hydrogen (secondary N) is 2. The van der Waals surface area contributed by atoms with Gasteiger partial charge in [-0.15, -0.1) is 0 Å². The number of hydrogen-bond acceptors (Lipinski definition) is 4. The van der Waals surface area contributed by atoms with Gasteiger partial charge >= 0.3 is 5.97 Å². The minimum Gasteiger partial charge on any atom is -0.462 e. The fraction of sp³-hybridized carbons (Fsp3) is 0.385. The second-order valence-corrected chi connectivity index (χ2v) is 3.96. The van der Waals surface area contributed by atoms with Crippen LogP contribution in [0.25, 0.3) is 11.0 Å². The van der Waals surface area contributed by atoms with Crippen molar-refractivity contribution in [2.45, 2.75) is 20.3 Å². The van der Waals surface area contributed by atoms with E-state index >= 15 is 0 Å². The molecule has 5 heteroatoms. The molecule has 0 atom stereocenters. The van der Waals surface area contributed by atoms with Gasteiger partial charge in [-0.3, -0.25) is 0 Å². The van der Waals surface area contributed by atoms with Gasteiger partial charge in [-0.2, -0.15) is 0 Å². The summed E-state index contributed by atoms with van der Waals surface area (Å²) in [5, 5.41) is 3.17. The molecule has 1 aromatic carbocycles. The number of anilines is 1. The zero-order valence-corrected chi connectivity index (χ0v) is 10.6. The van der Waals surface area contributed by atoms with E-state index in [4.69, 9.17) is 4.74 Å². The molecule has 2 aromatic rings. The van der Waals surface area contributed by atoms with Gasteiger partial charge in [0.05, 0.1) is 23.2 Å². The highest BCUT2D eigenvalue weighted by molar-refractivity contribution is 5.93. The van der Waals surface area contributed by atoms with E-state index in [2.05, 4.69) is 22.2 Å². The molecule has 0 saturated carbocycles. The van der Waals surface area contributed by atoms with Crippen LogP contribution in [-0.2, 0) is 4.74 Å². The van der Waals surface area contributed by atoms with Crippen LogP contribution in [0.3, 0.4) is 0 Å². The Balaban J connectivity index is 2.25. The van der Waals surface area contributed by atoms with Crippen LogP contribution in [-0.4, -0.2) is 29.1 Å². The summed E-state index contributed by atoms with van der Waals surface area (Å²) in [6.07, 6.45) is 1.03. The maximum atomic E-state index is 11.6. The third-order valence-corrected chi connectivity index (χ3v) is 2.54. The lowest BCUT2D eigenvalue weighted by molar-refractivity contribution is 0.0526. The topological polar surface area (TPSA) is 67.0 Å². The molecular formula is C13H17N3O2. The van der Waals surface area contributed by atoms with Crippen molar-refractivity contribution in [1.29, 1.82) is 0 Å². The zero-order valence-electron chi connectivity index (χ0n) is 10.6. The Morgan fingerprint density at radius 3 is 3.00 bits per heavy atom. The normalized spacial score (nSPS) is 10.6. The molecule has 0 spiro atoms. The molecule has 0 fully saturated rings. The maximum Gasteiger partial charge on any atom is 0.338 e. The fourth-order valence-electron chi connectivity index (χ4n) is 1.68. The average molecular weight is 247 g/mol. The first kappa shape index (κ1) is 12.4. The Kier molecular flexibility index (Phi) is 3.82. The lowest BCUT2D eigenvalue weighted by Gasteiger charge is -2.00. The number of H-pyrrole nitrogens is 1. The number of ether oxygens (including phenoxy) is 1. The fourth-order valence-corrected chi connectivity index (χ4v) is 1.68. The number of carbonyl (C=O) groups excluding carboxylic acids is 1. The Bertz CT molecular complexity index is 548. The summed E-state index contributed by atoms with van der Waals surface area (Å²) in [5.41, 5.74) is 2.20.